The van der Waals surface area contributed by atoms with Gasteiger partial charge in [-0.3, -0.25) is 0 Å². The summed E-state index contributed by atoms with van der Waals surface area (Å²) in [5.41, 5.74) is 7.24. The average molecular weight is 231 g/mol. The van der Waals surface area contributed by atoms with Crippen molar-refractivity contribution in [3.63, 3.8) is 0 Å². The second-order valence-electron chi connectivity index (χ2n) is 4.85. The van der Waals surface area contributed by atoms with E-state index in [0.29, 0.717) is 12.5 Å². The van der Waals surface area contributed by atoms with Gasteiger partial charge in [0.1, 0.15) is 0 Å². The molecule has 92 valence electrons. The maximum absolute atomic E-state index is 6.03. The molecule has 3 nitrogen and oxygen atoms in total. The minimum atomic E-state index is 0.678. The van der Waals surface area contributed by atoms with Gasteiger partial charge in [-0.15, -0.1) is 0 Å². The smallest absolute Gasteiger partial charge is 0.191 e. The summed E-state index contributed by atoms with van der Waals surface area (Å²) in [6, 6.07) is 10.2. The molecule has 1 heterocycles. The summed E-state index contributed by atoms with van der Waals surface area (Å²) >= 11 is 0. The number of hydrogen-bond donors (Lipinski definition) is 1. The molecule has 2 N–H and O–H groups in total. The summed E-state index contributed by atoms with van der Waals surface area (Å²) in [6.45, 7) is 5.05. The monoisotopic (exact) mass is 231 g/mol. The Hall–Kier alpha value is -1.51. The van der Waals surface area contributed by atoms with Gasteiger partial charge in [-0.1, -0.05) is 37.3 Å². The van der Waals surface area contributed by atoms with Gasteiger partial charge in [-0.05, 0) is 24.3 Å². The Labute approximate surface area is 103 Å². The Morgan fingerprint density at radius 3 is 2.88 bits per heavy atom. The zero-order chi connectivity index (χ0) is 12.1. The third-order valence-corrected chi connectivity index (χ3v) is 3.25. The van der Waals surface area contributed by atoms with Crippen LogP contribution in [-0.4, -0.2) is 23.9 Å². The highest BCUT2D eigenvalue weighted by Gasteiger charge is 2.17. The molecule has 0 bridgehead atoms. The average Bonchev–Trinajstić information content (AvgIpc) is 2.37. The van der Waals surface area contributed by atoms with Gasteiger partial charge >= 0.3 is 0 Å². The molecule has 0 spiro atoms. The van der Waals surface area contributed by atoms with E-state index in [1.807, 2.05) is 18.2 Å². The van der Waals surface area contributed by atoms with E-state index in [1.165, 1.54) is 18.4 Å². The van der Waals surface area contributed by atoms with E-state index in [-0.39, 0.29) is 0 Å². The molecular formula is C14H21N3. The van der Waals surface area contributed by atoms with E-state index < -0.39 is 0 Å². The Morgan fingerprint density at radius 2 is 2.18 bits per heavy atom. The second-order valence-corrected chi connectivity index (χ2v) is 4.85. The lowest BCUT2D eigenvalue weighted by Gasteiger charge is -2.31. The first-order valence-electron chi connectivity index (χ1n) is 6.34. The minimum absolute atomic E-state index is 0.678. The standard InChI is InChI=1S/C14H21N3/c1-12-6-5-9-17(11-12)14(15)16-10-13-7-3-2-4-8-13/h2-4,7-8,12H,5-6,9-11H2,1H3,(H2,15,16). The van der Waals surface area contributed by atoms with Gasteiger partial charge in [-0.25, -0.2) is 4.99 Å². The molecule has 1 aliphatic rings. The van der Waals surface area contributed by atoms with Crippen molar-refractivity contribution >= 4 is 5.96 Å². The number of hydrogen-bond acceptors (Lipinski definition) is 1. The van der Waals surface area contributed by atoms with Gasteiger partial charge in [0.25, 0.3) is 0 Å². The third-order valence-electron chi connectivity index (χ3n) is 3.25. The molecule has 1 aliphatic heterocycles. The van der Waals surface area contributed by atoms with Gasteiger partial charge in [0.05, 0.1) is 6.54 Å². The van der Waals surface area contributed by atoms with Gasteiger partial charge in [0.2, 0.25) is 0 Å². The van der Waals surface area contributed by atoms with Crippen LogP contribution in [0.25, 0.3) is 0 Å². The topological polar surface area (TPSA) is 41.6 Å². The van der Waals surface area contributed by atoms with Crippen LogP contribution in [0.5, 0.6) is 0 Å². The summed E-state index contributed by atoms with van der Waals surface area (Å²) < 4.78 is 0. The van der Waals surface area contributed by atoms with Crippen LogP contribution in [0.4, 0.5) is 0 Å². The van der Waals surface area contributed by atoms with E-state index in [2.05, 4.69) is 28.9 Å². The largest absolute Gasteiger partial charge is 0.370 e. The highest BCUT2D eigenvalue weighted by atomic mass is 15.3. The summed E-state index contributed by atoms with van der Waals surface area (Å²) in [5.74, 6) is 1.43. The van der Waals surface area contributed by atoms with E-state index >= 15 is 0 Å². The molecule has 0 aliphatic carbocycles. The Balaban J connectivity index is 1.92. The third kappa shape index (κ3) is 3.48. The molecule has 1 unspecified atom stereocenters. The first-order valence-corrected chi connectivity index (χ1v) is 6.34. The van der Waals surface area contributed by atoms with Crippen molar-refractivity contribution in [2.45, 2.75) is 26.3 Å². The number of nitrogens with zero attached hydrogens (tertiary/aromatic N) is 2. The highest BCUT2D eigenvalue weighted by Crippen LogP contribution is 2.15. The van der Waals surface area contributed by atoms with Crippen molar-refractivity contribution in [3.05, 3.63) is 35.9 Å². The van der Waals surface area contributed by atoms with Crippen molar-refractivity contribution in [2.24, 2.45) is 16.6 Å². The van der Waals surface area contributed by atoms with E-state index in [0.717, 1.165) is 19.0 Å². The predicted octanol–water partition coefficient (Wildman–Crippen LogP) is 2.23. The molecule has 1 aromatic carbocycles. The first kappa shape index (κ1) is 12.0. The van der Waals surface area contributed by atoms with Crippen molar-refractivity contribution in [2.75, 3.05) is 13.1 Å². The maximum atomic E-state index is 6.03. The van der Waals surface area contributed by atoms with Crippen LogP contribution in [0, 0.1) is 5.92 Å². The molecule has 0 amide bonds. The molecule has 0 aromatic heterocycles. The lowest BCUT2D eigenvalue weighted by molar-refractivity contribution is 0.270. The van der Waals surface area contributed by atoms with Crippen molar-refractivity contribution in [3.8, 4) is 0 Å². The van der Waals surface area contributed by atoms with Gasteiger partial charge < -0.3 is 10.6 Å². The van der Waals surface area contributed by atoms with Crippen molar-refractivity contribution in [1.29, 1.82) is 0 Å². The molecular weight excluding hydrogens is 210 g/mol. The van der Waals surface area contributed by atoms with E-state index in [1.54, 1.807) is 0 Å². The van der Waals surface area contributed by atoms with Gasteiger partial charge in [0.15, 0.2) is 5.96 Å². The van der Waals surface area contributed by atoms with E-state index in [4.69, 9.17) is 5.73 Å². The summed E-state index contributed by atoms with van der Waals surface area (Å²) in [5, 5.41) is 0. The quantitative estimate of drug-likeness (QED) is 0.626. The van der Waals surface area contributed by atoms with Gasteiger partial charge in [0, 0.05) is 13.1 Å². The fourth-order valence-corrected chi connectivity index (χ4v) is 2.25. The van der Waals surface area contributed by atoms with Crippen molar-refractivity contribution in [1.82, 2.24) is 4.90 Å². The number of rotatable bonds is 2. The second kappa shape index (κ2) is 5.71. The Morgan fingerprint density at radius 1 is 1.41 bits per heavy atom. The number of piperidine rings is 1. The predicted molar refractivity (Wildman–Crippen MR) is 71.7 cm³/mol. The minimum Gasteiger partial charge on any atom is -0.370 e. The van der Waals surface area contributed by atoms with E-state index in [9.17, 15) is 0 Å². The summed E-state index contributed by atoms with van der Waals surface area (Å²) in [7, 11) is 0. The first-order chi connectivity index (χ1) is 8.25. The number of likely N-dealkylation sites (tertiary alicyclic amines) is 1. The Bertz CT molecular complexity index is 372. The molecule has 1 fully saturated rings. The van der Waals surface area contributed by atoms with Crippen LogP contribution < -0.4 is 5.73 Å². The summed E-state index contributed by atoms with van der Waals surface area (Å²) in [6.07, 6.45) is 2.53. The normalized spacial score (nSPS) is 21.6. The number of nitrogens with two attached hydrogens (primary N) is 1. The molecule has 1 atom stereocenters. The van der Waals surface area contributed by atoms with Crippen LogP contribution in [-0.2, 0) is 6.54 Å². The number of guanidine groups is 1. The van der Waals surface area contributed by atoms with Crippen LogP contribution in [0.2, 0.25) is 0 Å². The van der Waals surface area contributed by atoms with Crippen LogP contribution in [0.15, 0.2) is 35.3 Å². The molecule has 2 rings (SSSR count). The number of benzene rings is 1. The maximum Gasteiger partial charge on any atom is 0.191 e. The fraction of sp³-hybridized carbons (Fsp3) is 0.500. The SMILES string of the molecule is CC1CCCN(C(N)=NCc2ccccc2)C1. The molecule has 0 saturated carbocycles. The molecule has 0 radical (unpaired) electrons. The molecule has 1 aromatic rings. The molecule has 17 heavy (non-hydrogen) atoms. The zero-order valence-corrected chi connectivity index (χ0v) is 10.5. The molecule has 1 saturated heterocycles. The lowest BCUT2D eigenvalue weighted by Crippen LogP contribution is -2.43. The van der Waals surface area contributed by atoms with Crippen LogP contribution in [0.1, 0.15) is 25.3 Å². The van der Waals surface area contributed by atoms with Crippen molar-refractivity contribution < 1.29 is 0 Å². The summed E-state index contributed by atoms with van der Waals surface area (Å²) in [4.78, 5) is 6.68. The fourth-order valence-electron chi connectivity index (χ4n) is 2.25. The lowest BCUT2D eigenvalue weighted by atomic mass is 10.0. The zero-order valence-electron chi connectivity index (χ0n) is 10.5. The van der Waals surface area contributed by atoms with Gasteiger partial charge in [-0.2, -0.15) is 0 Å². The number of aliphatic imine (C=N–C) groups is 1. The molecule has 3 heteroatoms. The van der Waals surface area contributed by atoms with Crippen LogP contribution in [0.3, 0.4) is 0 Å². The van der Waals surface area contributed by atoms with Crippen LogP contribution >= 0.6 is 0 Å². The Kier molecular flexibility index (Phi) is 4.02. The highest BCUT2D eigenvalue weighted by molar-refractivity contribution is 5.78.